The van der Waals surface area contributed by atoms with Gasteiger partial charge in [0.05, 0.1) is 23.0 Å². The maximum atomic E-state index is 12.6. The van der Waals surface area contributed by atoms with Crippen molar-refractivity contribution in [3.8, 4) is 77.9 Å². The first-order valence-corrected chi connectivity index (χ1v) is 42.6. The van der Waals surface area contributed by atoms with Crippen LogP contribution in [0.2, 0.25) is 0 Å². The van der Waals surface area contributed by atoms with Crippen LogP contribution in [0.4, 0.5) is 34.1 Å². The lowest BCUT2D eigenvalue weighted by Crippen LogP contribution is -2.09. The molecule has 0 amide bonds. The monoisotopic (exact) mass is 1450 g/mol. The third-order valence-corrected chi connectivity index (χ3v) is 25.3. The summed E-state index contributed by atoms with van der Waals surface area (Å²) in [5.74, 6) is 0.399. The van der Waals surface area contributed by atoms with E-state index in [1.54, 1.807) is 0 Å². The van der Waals surface area contributed by atoms with Gasteiger partial charge in [-0.3, -0.25) is 0 Å². The molecule has 0 spiro atoms. The number of sulfone groups is 2. The van der Waals surface area contributed by atoms with Crippen LogP contribution in [0.3, 0.4) is 0 Å². The number of hydrogen-bond acceptors (Lipinski definition) is 6. The Morgan fingerprint density at radius 3 is 0.787 bits per heavy atom. The smallest absolute Gasteiger partial charge is 0.158 e. The quantitative estimate of drug-likeness (QED) is 0.0478. The summed E-state index contributed by atoms with van der Waals surface area (Å²) in [7, 11) is -6.24. The number of hydrogen-bond donors (Lipinski definition) is 0. The molecule has 16 rings (SSSR count). The molecule has 0 aromatic heterocycles. The number of unbranched alkanes of at least 4 members (excludes halogenated alkanes) is 10. The molecule has 2 aliphatic rings. The van der Waals surface area contributed by atoms with Crippen molar-refractivity contribution in [3.63, 3.8) is 0 Å². The van der Waals surface area contributed by atoms with Crippen LogP contribution in [0, 0.1) is 0 Å². The number of benzene rings is 14. The fraction of sp³-hybridized carbons (Fsp3) is 0.200. The molecule has 0 fully saturated rings. The molecule has 14 aromatic carbocycles. The van der Waals surface area contributed by atoms with Gasteiger partial charge in [-0.15, -0.1) is 0 Å². The van der Waals surface area contributed by atoms with Crippen LogP contribution in [0.25, 0.3) is 99.4 Å². The Kier molecular flexibility index (Phi) is 21.1. The van der Waals surface area contributed by atoms with Crippen molar-refractivity contribution in [1.29, 1.82) is 0 Å². The largest absolute Gasteiger partial charge is 0.311 e. The highest BCUT2D eigenvalue weighted by Gasteiger charge is 2.27. The summed E-state index contributed by atoms with van der Waals surface area (Å²) in [4.78, 5) is 4.64. The Morgan fingerprint density at radius 2 is 0.472 bits per heavy atom. The minimum Gasteiger partial charge on any atom is -0.311 e. The average Bonchev–Trinajstić information content (AvgIpc) is 1.02. The van der Waals surface area contributed by atoms with Crippen molar-refractivity contribution >= 4 is 75.3 Å². The highest BCUT2D eigenvalue weighted by Crippen LogP contribution is 2.45. The van der Waals surface area contributed by atoms with E-state index in [9.17, 15) is 16.8 Å². The van der Waals surface area contributed by atoms with Crippen molar-refractivity contribution < 1.29 is 16.8 Å². The zero-order valence-electron chi connectivity index (χ0n) is 61.9. The number of anilines is 6. The molecule has 108 heavy (non-hydrogen) atoms. The van der Waals surface area contributed by atoms with Gasteiger partial charge in [0, 0.05) is 34.1 Å². The van der Waals surface area contributed by atoms with Crippen LogP contribution in [0.1, 0.15) is 124 Å². The van der Waals surface area contributed by atoms with Gasteiger partial charge in [0.15, 0.2) is 19.7 Å². The second-order valence-corrected chi connectivity index (χ2v) is 34.0. The Bertz CT molecular complexity index is 5400. The zero-order chi connectivity index (χ0) is 73.6. The fourth-order valence-electron chi connectivity index (χ4n) is 16.4. The normalized spacial score (nSPS) is 13.4. The summed E-state index contributed by atoms with van der Waals surface area (Å²) >= 11 is 0. The van der Waals surface area contributed by atoms with Gasteiger partial charge in [0.1, 0.15) is 0 Å². The van der Waals surface area contributed by atoms with E-state index in [0.29, 0.717) is 0 Å². The highest BCUT2D eigenvalue weighted by atomic mass is 32.2. The Morgan fingerprint density at radius 1 is 0.231 bits per heavy atom. The maximum absolute atomic E-state index is 12.6. The van der Waals surface area contributed by atoms with E-state index in [-0.39, 0.29) is 23.0 Å². The lowest BCUT2D eigenvalue weighted by molar-refractivity contribution is 0.596. The fourth-order valence-corrected chi connectivity index (χ4v) is 19.6. The van der Waals surface area contributed by atoms with Crippen LogP contribution in [-0.4, -0.2) is 16.8 Å². The predicted molar refractivity (Wildman–Crippen MR) is 456 cm³/mol. The molecule has 2 heterocycles. The molecule has 0 N–H and O–H groups in total. The molecule has 0 saturated carbocycles. The van der Waals surface area contributed by atoms with Crippen LogP contribution in [0.15, 0.2) is 303 Å². The first kappa shape index (κ1) is 71.4. The number of fused-ring (bicyclic) bond motifs is 4. The molecular weight excluding hydrogens is 1360 g/mol. The van der Waals surface area contributed by atoms with Gasteiger partial charge >= 0.3 is 0 Å². The summed E-state index contributed by atoms with van der Waals surface area (Å²) in [6.45, 7) is 4.55. The van der Waals surface area contributed by atoms with Gasteiger partial charge in [0.25, 0.3) is 0 Å². The molecule has 0 saturated heterocycles. The van der Waals surface area contributed by atoms with Crippen molar-refractivity contribution in [3.05, 3.63) is 337 Å². The van der Waals surface area contributed by atoms with E-state index in [2.05, 4.69) is 291 Å². The van der Waals surface area contributed by atoms with Gasteiger partial charge < -0.3 is 9.80 Å². The van der Waals surface area contributed by atoms with E-state index >= 15 is 0 Å². The zero-order valence-corrected chi connectivity index (χ0v) is 63.6. The minimum atomic E-state index is -3.12. The summed E-state index contributed by atoms with van der Waals surface area (Å²) in [6.07, 6.45) is 17.8. The summed E-state index contributed by atoms with van der Waals surface area (Å²) in [5.41, 5.74) is 28.3. The molecule has 0 unspecified atom stereocenters. The molecule has 14 aromatic rings. The third-order valence-electron chi connectivity index (χ3n) is 22.3. The number of nitrogens with zero attached hydrogens (tertiary/aromatic N) is 2. The van der Waals surface area contributed by atoms with E-state index in [1.807, 2.05) is 36.4 Å². The van der Waals surface area contributed by atoms with Gasteiger partial charge in [-0.25, -0.2) is 16.8 Å². The van der Waals surface area contributed by atoms with Gasteiger partial charge in [-0.2, -0.15) is 0 Å². The Hall–Kier alpha value is -10.9. The first-order chi connectivity index (χ1) is 52.9. The van der Waals surface area contributed by atoms with E-state index in [4.69, 9.17) is 0 Å². The van der Waals surface area contributed by atoms with Gasteiger partial charge in [-0.1, -0.05) is 296 Å². The molecular formula is C100H92N2O4S2. The standard InChI is InChI=1S/C100H92N2O4S2/c1-3-5-7-9-11-13-19-71-25-29-73(30-26-71)75-37-49-87(50-38-75)101(89-53-41-77(42-54-89)81-33-35-83-67-107(103,104)69-85(83)65-81)91-57-45-79(46-58-91)93-61-63-99(97-23-17-15-21-95(93)97)100-64-62-94(96-22-16-18-24-98(96)100)80-47-59-92(60-48-80)102(90-55-43-78(44-56-90)82-34-36-84-68-108(105,106)70-86(84)66-82)88-51-39-76(40-52-88)74-31-27-72(28-32-74)20-14-12-10-8-6-4-2/h15-18,21-66H,3-14,19-20,67-70H2,1-2H3. The van der Waals surface area contributed by atoms with E-state index in [0.717, 1.165) is 114 Å². The summed E-state index contributed by atoms with van der Waals surface area (Å²) < 4.78 is 50.3. The molecule has 6 nitrogen and oxygen atoms in total. The Labute approximate surface area is 638 Å². The molecule has 0 bridgehead atoms. The van der Waals surface area contributed by atoms with Crippen LogP contribution >= 0.6 is 0 Å². The van der Waals surface area contributed by atoms with Gasteiger partial charge in [0.2, 0.25) is 0 Å². The number of rotatable bonds is 27. The molecule has 0 atom stereocenters. The van der Waals surface area contributed by atoms with Crippen molar-refractivity contribution in [2.45, 2.75) is 127 Å². The lowest BCUT2D eigenvalue weighted by Gasteiger charge is -2.26. The minimum absolute atomic E-state index is 0.0902. The van der Waals surface area contributed by atoms with Crippen LogP contribution in [-0.2, 0) is 55.5 Å². The average molecular weight is 1450 g/mol. The van der Waals surface area contributed by atoms with Crippen molar-refractivity contribution in [1.82, 2.24) is 0 Å². The molecule has 2 aliphatic heterocycles. The Balaban J connectivity index is 0.678. The SMILES string of the molecule is CCCCCCCCc1ccc(-c2ccc(N(c3ccc(-c4ccc5c(c4)CS(=O)(=O)C5)cc3)c3ccc(-c4ccc(-c5ccc(-c6ccc(N(c7ccc(-c8ccc(CCCCCCCC)cc8)cc7)c7ccc(-c8ccc9c(c8)CS(=O)(=O)C9)cc7)cc6)c6ccccc56)c5ccccc45)cc3)cc2)cc1. The van der Waals surface area contributed by atoms with E-state index in [1.165, 1.54) is 143 Å². The van der Waals surface area contributed by atoms with Crippen molar-refractivity contribution in [2.75, 3.05) is 9.80 Å². The molecule has 0 radical (unpaired) electrons. The van der Waals surface area contributed by atoms with Crippen LogP contribution < -0.4 is 9.80 Å². The second kappa shape index (κ2) is 31.9. The number of aryl methyl sites for hydroxylation is 2. The summed E-state index contributed by atoms with van der Waals surface area (Å²) in [6, 6.07) is 110. The van der Waals surface area contributed by atoms with E-state index < -0.39 is 19.7 Å². The molecule has 8 heteroatoms. The lowest BCUT2D eigenvalue weighted by atomic mass is 9.88. The molecule has 538 valence electrons. The second-order valence-electron chi connectivity index (χ2n) is 29.8. The maximum Gasteiger partial charge on any atom is 0.158 e. The molecule has 0 aliphatic carbocycles. The first-order valence-electron chi connectivity index (χ1n) is 39.0. The topological polar surface area (TPSA) is 74.8 Å². The summed E-state index contributed by atoms with van der Waals surface area (Å²) in [5, 5.41) is 4.72. The third kappa shape index (κ3) is 15.8. The van der Waals surface area contributed by atoms with Gasteiger partial charge in [-0.05, 0) is 243 Å². The van der Waals surface area contributed by atoms with Crippen molar-refractivity contribution in [2.24, 2.45) is 0 Å². The van der Waals surface area contributed by atoms with Crippen LogP contribution in [0.5, 0.6) is 0 Å². The predicted octanol–water partition coefficient (Wildman–Crippen LogP) is 27.3. The highest BCUT2D eigenvalue weighted by molar-refractivity contribution is 7.90.